The zero-order valence-electron chi connectivity index (χ0n) is 20.2. The number of amides is 3. The lowest BCUT2D eigenvalue weighted by Crippen LogP contribution is -2.58. The van der Waals surface area contributed by atoms with E-state index in [4.69, 9.17) is 10.8 Å². The van der Waals surface area contributed by atoms with Crippen molar-refractivity contribution in [3.05, 3.63) is 48.0 Å². The number of aliphatic hydroxyl groups excluding tert-OH is 1. The topological polar surface area (TPSA) is 257 Å². The number of phenols is 1. The number of hydrogen-bond donors (Lipinski definition) is 9. The third kappa shape index (κ3) is 9.51. The molecular weight excluding hydrogens is 504 g/mol. The number of aromatic hydroxyl groups is 1. The number of H-pyrrole nitrogens is 1. The van der Waals surface area contributed by atoms with Crippen LogP contribution >= 0.6 is 0 Å². The number of nitrogens with zero attached hydrogens (tertiary/aromatic N) is 1. The van der Waals surface area contributed by atoms with Crippen molar-refractivity contribution in [2.45, 2.75) is 49.9 Å². The molecule has 2 rings (SSSR count). The van der Waals surface area contributed by atoms with Crippen molar-refractivity contribution in [3.8, 4) is 5.75 Å². The molecule has 0 radical (unpaired) electrons. The van der Waals surface area contributed by atoms with E-state index < -0.39 is 60.4 Å². The number of aromatic amines is 1. The van der Waals surface area contributed by atoms with Crippen molar-refractivity contribution in [1.29, 1.82) is 0 Å². The number of carbonyl (C=O) groups excluding carboxylic acids is 3. The van der Waals surface area contributed by atoms with Crippen molar-refractivity contribution >= 4 is 29.7 Å². The Hall–Kier alpha value is -4.50. The highest BCUT2D eigenvalue weighted by Crippen LogP contribution is 2.11. The second kappa shape index (κ2) is 14.3. The maximum Gasteiger partial charge on any atom is 0.326 e. The van der Waals surface area contributed by atoms with E-state index in [1.807, 2.05) is 0 Å². The number of nitrogens with one attached hydrogen (secondary N) is 4. The summed E-state index contributed by atoms with van der Waals surface area (Å²) in [4.78, 5) is 67.2. The van der Waals surface area contributed by atoms with Crippen LogP contribution in [0.4, 0.5) is 0 Å². The Morgan fingerprint density at radius 1 is 0.895 bits per heavy atom. The van der Waals surface area contributed by atoms with Crippen LogP contribution in [-0.4, -0.2) is 90.8 Å². The SMILES string of the molecule is NC(CCC(=O)O)C(=O)NC(Cc1cnc[nH]1)C(=O)NC(CO)C(=O)NC(Cc1ccc(O)cc1)C(=O)O. The van der Waals surface area contributed by atoms with Gasteiger partial charge in [0.1, 0.15) is 23.9 Å². The molecule has 4 atom stereocenters. The molecule has 1 aromatic carbocycles. The van der Waals surface area contributed by atoms with Crippen molar-refractivity contribution in [2.24, 2.45) is 5.73 Å². The minimum absolute atomic E-state index is 0.0210. The fourth-order valence-corrected chi connectivity index (χ4v) is 3.32. The van der Waals surface area contributed by atoms with E-state index in [1.54, 1.807) is 0 Å². The Morgan fingerprint density at radius 3 is 2.05 bits per heavy atom. The normalized spacial score (nSPS) is 13.9. The first kappa shape index (κ1) is 29.7. The van der Waals surface area contributed by atoms with Crippen molar-refractivity contribution in [3.63, 3.8) is 0 Å². The van der Waals surface area contributed by atoms with Crippen LogP contribution in [-0.2, 0) is 36.8 Å². The first-order valence-corrected chi connectivity index (χ1v) is 11.5. The molecule has 1 aromatic heterocycles. The minimum Gasteiger partial charge on any atom is -0.508 e. The lowest BCUT2D eigenvalue weighted by molar-refractivity contribution is -0.142. The standard InChI is InChI=1S/C23H30N6O9/c24-15(5-6-19(32)33)20(34)27-16(8-13-9-25-11-26-13)21(35)29-18(10-30)22(36)28-17(23(37)38)7-12-1-3-14(31)4-2-12/h1-4,9,11,15-18,30-31H,5-8,10,24H2,(H,25,26)(H,27,34)(H,28,36)(H,29,35)(H,32,33)(H,37,38). The first-order valence-electron chi connectivity index (χ1n) is 11.5. The number of aliphatic hydroxyl groups is 1. The molecule has 0 spiro atoms. The lowest BCUT2D eigenvalue weighted by atomic mass is 10.0. The van der Waals surface area contributed by atoms with Crippen molar-refractivity contribution in [1.82, 2.24) is 25.9 Å². The molecule has 0 bridgehead atoms. The van der Waals surface area contributed by atoms with Gasteiger partial charge in [-0.3, -0.25) is 19.2 Å². The summed E-state index contributed by atoms with van der Waals surface area (Å²) in [5, 5.41) is 44.3. The molecule has 0 aliphatic heterocycles. The van der Waals surface area contributed by atoms with E-state index in [0.29, 0.717) is 11.3 Å². The first-order chi connectivity index (χ1) is 18.0. The van der Waals surface area contributed by atoms with Crippen LogP contribution < -0.4 is 21.7 Å². The predicted molar refractivity (Wildman–Crippen MR) is 129 cm³/mol. The monoisotopic (exact) mass is 534 g/mol. The quantitative estimate of drug-likeness (QED) is 0.117. The number of carboxylic acids is 2. The summed E-state index contributed by atoms with van der Waals surface area (Å²) in [6.45, 7) is -0.883. The number of aromatic nitrogens is 2. The van der Waals surface area contributed by atoms with Gasteiger partial charge in [0.05, 0.1) is 19.0 Å². The van der Waals surface area contributed by atoms with Gasteiger partial charge in [0.25, 0.3) is 0 Å². The number of hydrogen-bond acceptors (Lipinski definition) is 9. The van der Waals surface area contributed by atoms with Gasteiger partial charge in [0.15, 0.2) is 0 Å². The minimum atomic E-state index is -1.56. The van der Waals surface area contributed by atoms with E-state index in [2.05, 4.69) is 25.9 Å². The average molecular weight is 535 g/mol. The lowest BCUT2D eigenvalue weighted by Gasteiger charge is -2.24. The van der Waals surface area contributed by atoms with Crippen LogP contribution in [0.3, 0.4) is 0 Å². The van der Waals surface area contributed by atoms with Crippen LogP contribution in [0.5, 0.6) is 5.75 Å². The zero-order chi connectivity index (χ0) is 28.2. The van der Waals surface area contributed by atoms with Gasteiger partial charge >= 0.3 is 11.9 Å². The summed E-state index contributed by atoms with van der Waals surface area (Å²) in [7, 11) is 0. The van der Waals surface area contributed by atoms with Crippen LogP contribution in [0.1, 0.15) is 24.1 Å². The molecule has 206 valence electrons. The molecule has 15 nitrogen and oxygen atoms in total. The van der Waals surface area contributed by atoms with Gasteiger partial charge in [-0.05, 0) is 24.1 Å². The Balaban J connectivity index is 2.09. The maximum atomic E-state index is 13.0. The fraction of sp³-hybridized carbons (Fsp3) is 0.391. The van der Waals surface area contributed by atoms with Gasteiger partial charge in [-0.1, -0.05) is 12.1 Å². The van der Waals surface area contributed by atoms with E-state index >= 15 is 0 Å². The summed E-state index contributed by atoms with van der Waals surface area (Å²) in [6, 6.07) is 0.170. The molecule has 0 aliphatic rings. The van der Waals surface area contributed by atoms with Gasteiger partial charge in [0.2, 0.25) is 17.7 Å². The van der Waals surface area contributed by atoms with E-state index in [1.165, 1.54) is 36.8 Å². The van der Waals surface area contributed by atoms with Crippen LogP contribution in [0.15, 0.2) is 36.8 Å². The molecule has 0 saturated carbocycles. The van der Waals surface area contributed by atoms with Gasteiger partial charge in [-0.15, -0.1) is 0 Å². The number of carboxylic acid groups (broad SMARTS) is 2. The molecule has 2 aromatic rings. The number of aliphatic carboxylic acids is 2. The third-order valence-electron chi connectivity index (χ3n) is 5.42. The number of rotatable bonds is 15. The van der Waals surface area contributed by atoms with Crippen LogP contribution in [0.25, 0.3) is 0 Å². The molecule has 38 heavy (non-hydrogen) atoms. The second-order valence-corrected chi connectivity index (χ2v) is 8.39. The summed E-state index contributed by atoms with van der Waals surface area (Å²) in [5.74, 6) is -5.23. The van der Waals surface area contributed by atoms with Crippen LogP contribution in [0, 0.1) is 0 Å². The smallest absolute Gasteiger partial charge is 0.326 e. The van der Waals surface area contributed by atoms with Gasteiger partial charge in [-0.25, -0.2) is 9.78 Å². The average Bonchev–Trinajstić information content (AvgIpc) is 3.39. The highest BCUT2D eigenvalue weighted by molar-refractivity contribution is 5.94. The zero-order valence-corrected chi connectivity index (χ0v) is 20.2. The van der Waals surface area contributed by atoms with Gasteiger partial charge in [-0.2, -0.15) is 0 Å². The van der Waals surface area contributed by atoms with Crippen LogP contribution in [0.2, 0.25) is 0 Å². The summed E-state index contributed by atoms with van der Waals surface area (Å²) in [6.07, 6.45) is 1.94. The highest BCUT2D eigenvalue weighted by atomic mass is 16.4. The Labute approximate surface area is 216 Å². The second-order valence-electron chi connectivity index (χ2n) is 8.39. The summed E-state index contributed by atoms with van der Waals surface area (Å²) < 4.78 is 0. The summed E-state index contributed by atoms with van der Waals surface area (Å²) in [5.41, 5.74) is 6.66. The number of phenolic OH excluding ortho intramolecular Hbond substituents is 1. The van der Waals surface area contributed by atoms with Crippen molar-refractivity contribution in [2.75, 3.05) is 6.61 Å². The number of carbonyl (C=O) groups is 5. The fourth-order valence-electron chi connectivity index (χ4n) is 3.32. The van der Waals surface area contributed by atoms with Gasteiger partial charge in [0, 0.05) is 31.2 Å². The van der Waals surface area contributed by atoms with Gasteiger partial charge < -0.3 is 47.1 Å². The molecule has 0 aliphatic carbocycles. The maximum absolute atomic E-state index is 13.0. The van der Waals surface area contributed by atoms with E-state index in [0.717, 1.165) is 0 Å². The molecule has 3 amide bonds. The molecule has 0 saturated heterocycles. The third-order valence-corrected chi connectivity index (χ3v) is 5.42. The Bertz CT molecular complexity index is 1110. The van der Waals surface area contributed by atoms with Crippen molar-refractivity contribution < 1.29 is 44.4 Å². The Kier molecular flexibility index (Phi) is 11.2. The molecule has 0 fully saturated rings. The number of benzene rings is 1. The Morgan fingerprint density at radius 2 is 1.50 bits per heavy atom. The molecule has 10 N–H and O–H groups in total. The number of imidazole rings is 1. The van der Waals surface area contributed by atoms with E-state index in [-0.39, 0.29) is 31.4 Å². The largest absolute Gasteiger partial charge is 0.508 e. The molecule has 15 heteroatoms. The van der Waals surface area contributed by atoms with E-state index in [9.17, 15) is 39.3 Å². The highest BCUT2D eigenvalue weighted by Gasteiger charge is 2.30. The molecular formula is C23H30N6O9. The summed E-state index contributed by atoms with van der Waals surface area (Å²) >= 11 is 0. The number of nitrogens with two attached hydrogens (primary N) is 1. The molecule has 1 heterocycles. The predicted octanol–water partition coefficient (Wildman–Crippen LogP) is -2.38. The molecule has 4 unspecified atom stereocenters.